The molecule has 0 aliphatic carbocycles. The first-order chi connectivity index (χ1) is 13.3. The Morgan fingerprint density at radius 1 is 0.370 bits per heavy atom. The lowest BCUT2D eigenvalue weighted by molar-refractivity contribution is 1.47. The van der Waals surface area contributed by atoms with Gasteiger partial charge in [0.1, 0.15) is 0 Å². The Bertz CT molecular complexity index is 962. The minimum atomic E-state index is 1.25. The van der Waals surface area contributed by atoms with Crippen LogP contribution in [0.2, 0.25) is 0 Å². The minimum Gasteiger partial charge on any atom is -0.0683 e. The lowest BCUT2D eigenvalue weighted by Crippen LogP contribution is -1.82. The molecular weight excluding hydrogens is 324 g/mol. The first-order valence-corrected chi connectivity index (χ1v) is 9.62. The quantitative estimate of drug-likeness (QED) is 0.351. The van der Waals surface area contributed by atoms with Crippen LogP contribution in [0.25, 0.3) is 33.4 Å². The van der Waals surface area contributed by atoms with Crippen LogP contribution in [0, 0.1) is 6.92 Å². The molecule has 0 aromatic heterocycles. The third-order valence-electron chi connectivity index (χ3n) is 4.56. The standard InChI is InChI=1S/C25H20.C2H6/c1-19-6-5-9-25(18-19)24-16-14-23(15-17-24)22-12-10-21(11-13-22)20-7-3-2-4-8-20;1-2/h2-18H,1H3;1-2H3. The van der Waals surface area contributed by atoms with Crippen LogP contribution < -0.4 is 0 Å². The molecule has 27 heavy (non-hydrogen) atoms. The Kier molecular flexibility index (Phi) is 6.22. The molecule has 0 bridgehead atoms. The van der Waals surface area contributed by atoms with E-state index in [1.165, 1.54) is 38.9 Å². The van der Waals surface area contributed by atoms with Crippen molar-refractivity contribution in [2.45, 2.75) is 20.8 Å². The van der Waals surface area contributed by atoms with E-state index in [1.807, 2.05) is 19.9 Å². The van der Waals surface area contributed by atoms with Crippen molar-refractivity contribution in [3.63, 3.8) is 0 Å². The zero-order chi connectivity index (χ0) is 19.1. The van der Waals surface area contributed by atoms with E-state index in [-0.39, 0.29) is 0 Å². The summed E-state index contributed by atoms with van der Waals surface area (Å²) < 4.78 is 0. The van der Waals surface area contributed by atoms with Crippen molar-refractivity contribution in [3.05, 3.63) is 109 Å². The van der Waals surface area contributed by atoms with Crippen molar-refractivity contribution in [1.29, 1.82) is 0 Å². The monoisotopic (exact) mass is 350 g/mol. The minimum absolute atomic E-state index is 1.25. The Hall–Kier alpha value is -3.12. The zero-order valence-electron chi connectivity index (χ0n) is 16.3. The van der Waals surface area contributed by atoms with Crippen molar-refractivity contribution < 1.29 is 0 Å². The fourth-order valence-electron chi connectivity index (χ4n) is 3.17. The smallest absolute Gasteiger partial charge is 0.0181 e. The van der Waals surface area contributed by atoms with Crippen molar-refractivity contribution in [1.82, 2.24) is 0 Å². The molecule has 0 saturated carbocycles. The lowest BCUT2D eigenvalue weighted by Gasteiger charge is -2.07. The second kappa shape index (κ2) is 9.00. The SMILES string of the molecule is CC.Cc1cccc(-c2ccc(-c3ccc(-c4ccccc4)cc3)cc2)c1. The molecule has 0 aliphatic heterocycles. The number of rotatable bonds is 3. The van der Waals surface area contributed by atoms with Gasteiger partial charge in [-0.1, -0.05) is 123 Å². The molecule has 4 aromatic carbocycles. The van der Waals surface area contributed by atoms with Gasteiger partial charge in [-0.05, 0) is 40.3 Å². The number of benzene rings is 4. The van der Waals surface area contributed by atoms with E-state index >= 15 is 0 Å². The number of hydrogen-bond donors (Lipinski definition) is 0. The average Bonchev–Trinajstić information content (AvgIpc) is 2.76. The molecule has 0 heteroatoms. The van der Waals surface area contributed by atoms with Gasteiger partial charge in [0, 0.05) is 0 Å². The summed E-state index contributed by atoms with van der Waals surface area (Å²) in [6.45, 7) is 6.13. The van der Waals surface area contributed by atoms with Gasteiger partial charge in [-0.15, -0.1) is 0 Å². The molecule has 134 valence electrons. The molecular formula is C27H26. The van der Waals surface area contributed by atoms with E-state index in [4.69, 9.17) is 0 Å². The fourth-order valence-corrected chi connectivity index (χ4v) is 3.17. The summed E-state index contributed by atoms with van der Waals surface area (Å²) in [6.07, 6.45) is 0. The van der Waals surface area contributed by atoms with Gasteiger partial charge in [0.05, 0.1) is 0 Å². The largest absolute Gasteiger partial charge is 0.0683 e. The Balaban J connectivity index is 0.00000102. The summed E-state index contributed by atoms with van der Waals surface area (Å²) in [7, 11) is 0. The van der Waals surface area contributed by atoms with Crippen molar-refractivity contribution in [3.8, 4) is 33.4 Å². The van der Waals surface area contributed by atoms with Gasteiger partial charge in [0.25, 0.3) is 0 Å². The molecule has 0 spiro atoms. The number of aryl methyl sites for hydroxylation is 1. The van der Waals surface area contributed by atoms with E-state index in [0.717, 1.165) is 0 Å². The predicted octanol–water partition coefficient (Wildman–Crippen LogP) is 8.02. The molecule has 0 saturated heterocycles. The van der Waals surface area contributed by atoms with Gasteiger partial charge < -0.3 is 0 Å². The van der Waals surface area contributed by atoms with Crippen LogP contribution in [0.15, 0.2) is 103 Å². The van der Waals surface area contributed by atoms with Gasteiger partial charge in [-0.3, -0.25) is 0 Å². The van der Waals surface area contributed by atoms with Crippen LogP contribution in [0.4, 0.5) is 0 Å². The van der Waals surface area contributed by atoms with E-state index in [1.54, 1.807) is 0 Å². The van der Waals surface area contributed by atoms with E-state index in [2.05, 4.69) is 104 Å². The summed E-state index contributed by atoms with van der Waals surface area (Å²) in [5.41, 5.74) is 8.81. The molecule has 0 amide bonds. The molecule has 0 fully saturated rings. The first-order valence-electron chi connectivity index (χ1n) is 9.62. The molecule has 0 N–H and O–H groups in total. The van der Waals surface area contributed by atoms with E-state index in [0.29, 0.717) is 0 Å². The van der Waals surface area contributed by atoms with Crippen molar-refractivity contribution in [2.24, 2.45) is 0 Å². The molecule has 0 atom stereocenters. The maximum Gasteiger partial charge on any atom is -0.0181 e. The van der Waals surface area contributed by atoms with Crippen LogP contribution in [0.5, 0.6) is 0 Å². The Morgan fingerprint density at radius 2 is 0.741 bits per heavy atom. The van der Waals surface area contributed by atoms with Crippen LogP contribution >= 0.6 is 0 Å². The molecule has 0 heterocycles. The Morgan fingerprint density at radius 3 is 1.19 bits per heavy atom. The summed E-state index contributed by atoms with van der Waals surface area (Å²) in [5.74, 6) is 0. The summed E-state index contributed by atoms with van der Waals surface area (Å²) >= 11 is 0. The average molecular weight is 351 g/mol. The van der Waals surface area contributed by atoms with Gasteiger partial charge in [-0.2, -0.15) is 0 Å². The maximum atomic E-state index is 2.23. The van der Waals surface area contributed by atoms with Gasteiger partial charge >= 0.3 is 0 Å². The van der Waals surface area contributed by atoms with Gasteiger partial charge in [-0.25, -0.2) is 0 Å². The third-order valence-corrected chi connectivity index (χ3v) is 4.56. The highest BCUT2D eigenvalue weighted by Crippen LogP contribution is 2.27. The van der Waals surface area contributed by atoms with E-state index < -0.39 is 0 Å². The normalized spacial score (nSPS) is 10.0. The highest BCUT2D eigenvalue weighted by atomic mass is 14.1. The lowest BCUT2D eigenvalue weighted by atomic mass is 9.98. The molecule has 0 radical (unpaired) electrons. The van der Waals surface area contributed by atoms with Gasteiger partial charge in [0.2, 0.25) is 0 Å². The van der Waals surface area contributed by atoms with Gasteiger partial charge in [0.15, 0.2) is 0 Å². The maximum absolute atomic E-state index is 2.23. The van der Waals surface area contributed by atoms with E-state index in [9.17, 15) is 0 Å². The molecule has 4 aromatic rings. The number of hydrogen-bond acceptors (Lipinski definition) is 0. The van der Waals surface area contributed by atoms with Crippen molar-refractivity contribution in [2.75, 3.05) is 0 Å². The molecule has 0 nitrogen and oxygen atoms in total. The molecule has 0 aliphatic rings. The first kappa shape index (κ1) is 18.7. The van der Waals surface area contributed by atoms with Crippen LogP contribution in [0.3, 0.4) is 0 Å². The summed E-state index contributed by atoms with van der Waals surface area (Å²) in [4.78, 5) is 0. The highest BCUT2D eigenvalue weighted by Gasteiger charge is 2.02. The predicted molar refractivity (Wildman–Crippen MR) is 119 cm³/mol. The highest BCUT2D eigenvalue weighted by molar-refractivity contribution is 5.73. The fraction of sp³-hybridized carbons (Fsp3) is 0.111. The Labute approximate surface area is 163 Å². The second-order valence-corrected chi connectivity index (χ2v) is 6.39. The molecule has 0 unspecified atom stereocenters. The third kappa shape index (κ3) is 4.54. The van der Waals surface area contributed by atoms with Crippen LogP contribution in [-0.2, 0) is 0 Å². The van der Waals surface area contributed by atoms with Crippen LogP contribution in [0.1, 0.15) is 19.4 Å². The summed E-state index contributed by atoms with van der Waals surface area (Å²) in [6, 6.07) is 36.7. The van der Waals surface area contributed by atoms with Crippen molar-refractivity contribution >= 4 is 0 Å². The van der Waals surface area contributed by atoms with Crippen LogP contribution in [-0.4, -0.2) is 0 Å². The zero-order valence-corrected chi connectivity index (χ0v) is 16.3. The summed E-state index contributed by atoms with van der Waals surface area (Å²) in [5, 5.41) is 0. The second-order valence-electron chi connectivity index (χ2n) is 6.39. The topological polar surface area (TPSA) is 0 Å². The molecule has 4 rings (SSSR count).